The molecule has 0 radical (unpaired) electrons. The minimum atomic E-state index is -0.460. The van der Waals surface area contributed by atoms with Crippen LogP contribution in [0.1, 0.15) is 107 Å². The number of carbonyl (C=O) groups is 1. The third-order valence-corrected chi connectivity index (χ3v) is 7.20. The lowest BCUT2D eigenvalue weighted by Gasteiger charge is -2.43. The van der Waals surface area contributed by atoms with Crippen LogP contribution in [0.3, 0.4) is 0 Å². The molecule has 2 saturated carbocycles. The molecule has 0 atom stereocenters. The van der Waals surface area contributed by atoms with Crippen molar-refractivity contribution in [2.45, 2.75) is 118 Å². The lowest BCUT2D eigenvalue weighted by molar-refractivity contribution is -0.103. The van der Waals surface area contributed by atoms with Crippen LogP contribution in [-0.4, -0.2) is 17.4 Å². The predicted molar refractivity (Wildman–Crippen MR) is 107 cm³/mol. The van der Waals surface area contributed by atoms with E-state index in [9.17, 15) is 4.79 Å². The fourth-order valence-corrected chi connectivity index (χ4v) is 4.82. The van der Waals surface area contributed by atoms with E-state index < -0.39 is 6.16 Å². The molecule has 0 aromatic heterocycles. The Labute approximate surface area is 161 Å². The zero-order chi connectivity index (χ0) is 19.8. The first-order chi connectivity index (χ1) is 11.7. The van der Waals surface area contributed by atoms with Crippen molar-refractivity contribution in [3.8, 4) is 0 Å². The Balaban J connectivity index is 1.83. The number of carbonyl (C=O) groups excluding carboxylic acids is 1. The minimum absolute atomic E-state index is 0.334. The zero-order valence-corrected chi connectivity index (χ0v) is 18.5. The van der Waals surface area contributed by atoms with Crippen LogP contribution in [0.5, 0.6) is 0 Å². The molecule has 3 nitrogen and oxygen atoms in total. The van der Waals surface area contributed by atoms with E-state index in [4.69, 9.17) is 9.47 Å². The highest BCUT2D eigenvalue weighted by Crippen LogP contribution is 2.45. The van der Waals surface area contributed by atoms with Gasteiger partial charge in [-0.3, -0.25) is 0 Å². The van der Waals surface area contributed by atoms with Gasteiger partial charge in [0.15, 0.2) is 0 Å². The van der Waals surface area contributed by atoms with Gasteiger partial charge >= 0.3 is 6.16 Å². The third kappa shape index (κ3) is 5.63. The Hall–Kier alpha value is -0.730. The highest BCUT2D eigenvalue weighted by atomic mass is 16.7. The number of hydrogen-bond donors (Lipinski definition) is 0. The van der Waals surface area contributed by atoms with Crippen LogP contribution in [0.4, 0.5) is 4.79 Å². The maximum absolute atomic E-state index is 12.5. The van der Waals surface area contributed by atoms with Crippen LogP contribution < -0.4 is 0 Å². The molecule has 0 aromatic carbocycles. The van der Waals surface area contributed by atoms with Crippen molar-refractivity contribution in [2.75, 3.05) is 0 Å². The summed E-state index contributed by atoms with van der Waals surface area (Å²) in [4.78, 5) is 12.5. The van der Waals surface area contributed by atoms with E-state index >= 15 is 0 Å². The average Bonchev–Trinajstić information content (AvgIpc) is 2.44. The molecule has 0 aromatic rings. The second kappa shape index (κ2) is 7.36. The van der Waals surface area contributed by atoms with Crippen molar-refractivity contribution in [1.82, 2.24) is 0 Å². The van der Waals surface area contributed by atoms with E-state index in [0.29, 0.717) is 22.7 Å². The molecule has 0 spiro atoms. The molecular weight excluding hydrogens is 324 g/mol. The van der Waals surface area contributed by atoms with Crippen molar-refractivity contribution in [2.24, 2.45) is 22.7 Å². The normalized spacial score (nSPS) is 36.5. The summed E-state index contributed by atoms with van der Waals surface area (Å²) in [6.07, 6.45) is 7.78. The van der Waals surface area contributed by atoms with Gasteiger partial charge < -0.3 is 9.47 Å². The number of rotatable bonds is 2. The predicted octanol–water partition coefficient (Wildman–Crippen LogP) is 7.13. The van der Waals surface area contributed by atoms with Crippen LogP contribution in [-0.2, 0) is 9.47 Å². The van der Waals surface area contributed by atoms with Gasteiger partial charge in [0.25, 0.3) is 0 Å². The van der Waals surface area contributed by atoms with Gasteiger partial charge in [-0.15, -0.1) is 0 Å². The zero-order valence-electron chi connectivity index (χ0n) is 18.5. The Morgan fingerprint density at radius 3 is 1.19 bits per heavy atom. The third-order valence-electron chi connectivity index (χ3n) is 7.20. The summed E-state index contributed by atoms with van der Waals surface area (Å²) in [7, 11) is 0. The summed E-state index contributed by atoms with van der Waals surface area (Å²) in [6.45, 7) is 18.0. The Morgan fingerprint density at radius 1 is 0.692 bits per heavy atom. The van der Waals surface area contributed by atoms with E-state index in [2.05, 4.69) is 55.4 Å². The van der Waals surface area contributed by atoms with Gasteiger partial charge in [0.1, 0.15) is 11.2 Å². The van der Waals surface area contributed by atoms with Crippen LogP contribution in [0.25, 0.3) is 0 Å². The van der Waals surface area contributed by atoms with Gasteiger partial charge in [0.05, 0.1) is 0 Å². The van der Waals surface area contributed by atoms with Gasteiger partial charge in [-0.05, 0) is 87.9 Å². The molecule has 0 amide bonds. The second-order valence-corrected chi connectivity index (χ2v) is 11.6. The SMILES string of the molecule is CC1(OC(=O)OC2(C)CCC(C(C)(C)C)CC2)CCC(C(C)(C)C)CC1. The summed E-state index contributed by atoms with van der Waals surface area (Å²) in [6, 6.07) is 0. The molecule has 152 valence electrons. The molecule has 0 bridgehead atoms. The van der Waals surface area contributed by atoms with Gasteiger partial charge in [0, 0.05) is 0 Å². The Bertz CT molecular complexity index is 435. The summed E-state index contributed by atoms with van der Waals surface area (Å²) < 4.78 is 11.7. The van der Waals surface area contributed by atoms with Crippen molar-refractivity contribution in [3.05, 3.63) is 0 Å². The van der Waals surface area contributed by atoms with Gasteiger partial charge in [0.2, 0.25) is 0 Å². The quantitative estimate of drug-likeness (QED) is 0.488. The minimum Gasteiger partial charge on any atom is -0.428 e. The molecule has 3 heteroatoms. The molecule has 0 aliphatic heterocycles. The highest BCUT2D eigenvalue weighted by Gasteiger charge is 2.42. The lowest BCUT2D eigenvalue weighted by atomic mass is 9.69. The van der Waals surface area contributed by atoms with E-state index in [1.165, 1.54) is 0 Å². The molecule has 2 aliphatic rings. The van der Waals surface area contributed by atoms with Crippen LogP contribution >= 0.6 is 0 Å². The molecule has 2 fully saturated rings. The van der Waals surface area contributed by atoms with Crippen LogP contribution in [0.15, 0.2) is 0 Å². The highest BCUT2D eigenvalue weighted by molar-refractivity contribution is 5.61. The average molecular weight is 367 g/mol. The maximum atomic E-state index is 12.5. The lowest BCUT2D eigenvalue weighted by Crippen LogP contribution is -2.43. The molecule has 0 unspecified atom stereocenters. The summed E-state index contributed by atoms with van der Waals surface area (Å²) in [5.41, 5.74) is -0.0579. The summed E-state index contributed by atoms with van der Waals surface area (Å²) >= 11 is 0. The fourth-order valence-electron chi connectivity index (χ4n) is 4.82. The summed E-state index contributed by atoms with van der Waals surface area (Å²) in [5.74, 6) is 1.42. The van der Waals surface area contributed by atoms with E-state index in [-0.39, 0.29) is 11.2 Å². The van der Waals surface area contributed by atoms with E-state index in [1.807, 2.05) is 0 Å². The number of hydrogen-bond acceptors (Lipinski definition) is 3. The number of ether oxygens (including phenoxy) is 2. The molecule has 0 N–H and O–H groups in total. The molecule has 0 saturated heterocycles. The molecule has 26 heavy (non-hydrogen) atoms. The topological polar surface area (TPSA) is 35.5 Å². The molecule has 2 rings (SSSR count). The standard InChI is InChI=1S/C23H42O3/c1-20(2,3)17-9-13-22(7,14-10-17)25-19(24)26-23(8)15-11-18(12-16-23)21(4,5)6/h17-18H,9-16H2,1-8H3. The first kappa shape index (κ1) is 21.6. The first-order valence-corrected chi connectivity index (χ1v) is 10.6. The molecule has 2 aliphatic carbocycles. The Kier molecular flexibility index (Phi) is 6.10. The van der Waals surface area contributed by atoms with Crippen molar-refractivity contribution in [3.63, 3.8) is 0 Å². The maximum Gasteiger partial charge on any atom is 0.509 e. The van der Waals surface area contributed by atoms with E-state index in [1.54, 1.807) is 0 Å². The Morgan fingerprint density at radius 2 is 0.962 bits per heavy atom. The molecular formula is C23H42O3. The van der Waals surface area contributed by atoms with Crippen molar-refractivity contribution in [1.29, 1.82) is 0 Å². The monoisotopic (exact) mass is 366 g/mol. The van der Waals surface area contributed by atoms with E-state index in [0.717, 1.165) is 51.4 Å². The first-order valence-electron chi connectivity index (χ1n) is 10.6. The van der Waals surface area contributed by atoms with Gasteiger partial charge in [-0.1, -0.05) is 41.5 Å². The van der Waals surface area contributed by atoms with Crippen LogP contribution in [0.2, 0.25) is 0 Å². The summed E-state index contributed by atoms with van der Waals surface area (Å²) in [5, 5.41) is 0. The van der Waals surface area contributed by atoms with Crippen molar-refractivity contribution >= 4 is 6.16 Å². The van der Waals surface area contributed by atoms with Crippen LogP contribution in [0, 0.1) is 22.7 Å². The largest absolute Gasteiger partial charge is 0.509 e. The molecule has 0 heterocycles. The van der Waals surface area contributed by atoms with Gasteiger partial charge in [-0.25, -0.2) is 4.79 Å². The smallest absolute Gasteiger partial charge is 0.428 e. The second-order valence-electron chi connectivity index (χ2n) is 11.6. The fraction of sp³-hybridized carbons (Fsp3) is 0.957. The van der Waals surface area contributed by atoms with Crippen molar-refractivity contribution < 1.29 is 14.3 Å². The van der Waals surface area contributed by atoms with Gasteiger partial charge in [-0.2, -0.15) is 0 Å².